The van der Waals surface area contributed by atoms with E-state index in [1.807, 2.05) is 89.8 Å². The number of hydrogen-bond acceptors (Lipinski definition) is 7. The number of thiocarbonyl (C=S) groups is 1. The molecule has 8 heteroatoms. The Morgan fingerprint density at radius 2 is 1.42 bits per heavy atom. The highest BCUT2D eigenvalue weighted by Gasteiger charge is 2.68. The molecule has 2 fully saturated rings. The first-order chi connectivity index (χ1) is 18.6. The van der Waals surface area contributed by atoms with E-state index >= 15 is 0 Å². The molecule has 0 saturated carbocycles. The number of anilines is 2. The molecule has 6 rings (SSSR count). The Bertz CT molecular complexity index is 1500. The quantitative estimate of drug-likeness (QED) is 0.459. The van der Waals surface area contributed by atoms with Crippen LogP contribution in [0.1, 0.15) is 11.5 Å². The molecule has 0 aromatic heterocycles. The van der Waals surface area contributed by atoms with E-state index in [0.29, 0.717) is 43.0 Å². The van der Waals surface area contributed by atoms with Crippen molar-refractivity contribution in [3.05, 3.63) is 90.5 Å². The molecular weight excluding hydrogens is 492 g/mol. The van der Waals surface area contributed by atoms with Gasteiger partial charge in [0.05, 0.1) is 25.9 Å². The van der Waals surface area contributed by atoms with Crippen LogP contribution in [-0.4, -0.2) is 49.3 Å². The third kappa shape index (κ3) is 3.38. The molecule has 0 aliphatic carbocycles. The molecule has 0 N–H and O–H groups in total. The highest BCUT2D eigenvalue weighted by molar-refractivity contribution is 7.80. The molecule has 2 bridgehead atoms. The van der Waals surface area contributed by atoms with Crippen molar-refractivity contribution in [1.82, 2.24) is 4.90 Å². The van der Waals surface area contributed by atoms with Gasteiger partial charge < -0.3 is 19.4 Å². The largest absolute Gasteiger partial charge is 0.496 e. The Balaban J connectivity index is 1.58. The van der Waals surface area contributed by atoms with Gasteiger partial charge in [0.25, 0.3) is 0 Å². The lowest BCUT2D eigenvalue weighted by molar-refractivity contribution is 0.202. The summed E-state index contributed by atoms with van der Waals surface area (Å²) in [6.07, 6.45) is 0. The Morgan fingerprint density at radius 3 is 2.05 bits per heavy atom. The van der Waals surface area contributed by atoms with Crippen LogP contribution in [0.2, 0.25) is 0 Å². The van der Waals surface area contributed by atoms with Crippen molar-refractivity contribution in [3.63, 3.8) is 0 Å². The van der Waals surface area contributed by atoms with Crippen molar-refractivity contribution in [2.24, 2.45) is 15.8 Å². The molecule has 3 heterocycles. The van der Waals surface area contributed by atoms with Gasteiger partial charge in [-0.1, -0.05) is 66.8 Å². The number of hydrogen-bond donors (Lipinski definition) is 0. The molecule has 3 aromatic rings. The van der Waals surface area contributed by atoms with Crippen molar-refractivity contribution in [2.75, 3.05) is 43.3 Å². The lowest BCUT2D eigenvalue weighted by Gasteiger charge is -2.61. The van der Waals surface area contributed by atoms with Gasteiger partial charge in [0, 0.05) is 35.9 Å². The van der Waals surface area contributed by atoms with Crippen LogP contribution in [0.3, 0.4) is 0 Å². The number of ether oxygens (including phenoxy) is 1. The van der Waals surface area contributed by atoms with Gasteiger partial charge in [0.1, 0.15) is 34.1 Å². The lowest BCUT2D eigenvalue weighted by Crippen LogP contribution is -2.73. The van der Waals surface area contributed by atoms with E-state index in [-0.39, 0.29) is 0 Å². The van der Waals surface area contributed by atoms with Crippen LogP contribution in [0, 0.1) is 33.5 Å². The predicted molar refractivity (Wildman–Crippen MR) is 151 cm³/mol. The van der Waals surface area contributed by atoms with Crippen LogP contribution in [0.15, 0.2) is 89.9 Å². The minimum atomic E-state index is -1.17. The SMILES string of the molecule is COc1ccccc1[C@@H]1[C@@]2(C#N)CN(c3ccccc3)C[C@]1(C#N)C1=NCN(c3ccccc3)CN1C2=S. The zero-order valence-electron chi connectivity index (χ0n) is 21.0. The zero-order chi connectivity index (χ0) is 26.3. The number of amidine groups is 1. The van der Waals surface area contributed by atoms with E-state index in [0.717, 1.165) is 16.9 Å². The highest BCUT2D eigenvalue weighted by atomic mass is 32.1. The number of benzene rings is 3. The topological polar surface area (TPSA) is 78.9 Å². The van der Waals surface area contributed by atoms with E-state index in [1.54, 1.807) is 7.11 Å². The van der Waals surface area contributed by atoms with Crippen molar-refractivity contribution in [3.8, 4) is 17.9 Å². The third-order valence-electron chi connectivity index (χ3n) is 7.94. The lowest BCUT2D eigenvalue weighted by atomic mass is 9.53. The van der Waals surface area contributed by atoms with E-state index in [1.165, 1.54) is 0 Å². The van der Waals surface area contributed by atoms with Crippen LogP contribution >= 0.6 is 12.2 Å². The van der Waals surface area contributed by atoms with E-state index in [2.05, 4.69) is 21.9 Å². The molecular formula is C30H26N6OS. The average molecular weight is 519 g/mol. The molecule has 3 aliphatic rings. The van der Waals surface area contributed by atoms with Gasteiger partial charge >= 0.3 is 0 Å². The van der Waals surface area contributed by atoms with Gasteiger partial charge in [-0.05, 0) is 30.3 Å². The molecule has 0 radical (unpaired) electrons. The number of fused-ring (bicyclic) bond motifs is 4. The number of para-hydroxylation sites is 3. The molecule has 38 heavy (non-hydrogen) atoms. The molecule has 0 unspecified atom stereocenters. The van der Waals surface area contributed by atoms with Crippen LogP contribution in [-0.2, 0) is 0 Å². The number of rotatable bonds is 4. The van der Waals surface area contributed by atoms with Crippen molar-refractivity contribution >= 4 is 34.4 Å². The summed E-state index contributed by atoms with van der Waals surface area (Å²) in [5, 5.41) is 22.1. The fourth-order valence-corrected chi connectivity index (χ4v) is 6.68. The van der Waals surface area contributed by atoms with Crippen molar-refractivity contribution in [2.45, 2.75) is 5.92 Å². The Hall–Kier alpha value is -4.40. The number of nitriles is 2. The summed E-state index contributed by atoms with van der Waals surface area (Å²) in [6, 6.07) is 32.9. The second kappa shape index (κ2) is 9.16. The van der Waals surface area contributed by atoms with Gasteiger partial charge in [-0.3, -0.25) is 0 Å². The zero-order valence-corrected chi connectivity index (χ0v) is 21.8. The fraction of sp³-hybridized carbons (Fsp3) is 0.267. The molecule has 3 aromatic carbocycles. The summed E-state index contributed by atoms with van der Waals surface area (Å²) in [5.74, 6) is 0.718. The van der Waals surface area contributed by atoms with Crippen LogP contribution in [0.5, 0.6) is 5.75 Å². The summed E-state index contributed by atoms with van der Waals surface area (Å²) < 4.78 is 5.76. The minimum Gasteiger partial charge on any atom is -0.496 e. The maximum atomic E-state index is 11.1. The van der Waals surface area contributed by atoms with Gasteiger partial charge in [-0.2, -0.15) is 10.5 Å². The van der Waals surface area contributed by atoms with Gasteiger partial charge in [0.15, 0.2) is 0 Å². The first-order valence-corrected chi connectivity index (χ1v) is 12.9. The Kier molecular flexibility index (Phi) is 5.78. The second-order valence-electron chi connectivity index (χ2n) is 9.91. The maximum absolute atomic E-state index is 11.1. The normalized spacial score (nSPS) is 26.1. The summed E-state index contributed by atoms with van der Waals surface area (Å²) in [5.41, 5.74) is 0.457. The molecule has 7 nitrogen and oxygen atoms in total. The van der Waals surface area contributed by atoms with Gasteiger partial charge in [-0.15, -0.1) is 0 Å². The van der Waals surface area contributed by atoms with E-state index in [4.69, 9.17) is 21.9 Å². The number of methoxy groups -OCH3 is 1. The summed E-state index contributed by atoms with van der Waals surface area (Å²) in [4.78, 5) is 11.7. The van der Waals surface area contributed by atoms with E-state index in [9.17, 15) is 10.5 Å². The standard InChI is InChI=1S/C30H26N6OS/c1-37-25-15-9-8-14-24(25)26-29(16-31)18-34(22-10-4-2-5-11-22)19-30(26,17-32)28(38)36-21-35(20-33-27(29)36)23-12-6-3-7-13-23/h2-15,26H,18-21H2,1H3/t26-,29-,30+/m0/s1. The summed E-state index contributed by atoms with van der Waals surface area (Å²) in [6.45, 7) is 1.56. The fourth-order valence-electron chi connectivity index (χ4n) is 6.31. The molecule has 0 amide bonds. The third-order valence-corrected chi connectivity index (χ3v) is 8.53. The molecule has 3 atom stereocenters. The first kappa shape index (κ1) is 24.0. The highest BCUT2D eigenvalue weighted by Crippen LogP contribution is 2.60. The maximum Gasteiger partial charge on any atom is 0.141 e. The molecule has 0 spiro atoms. The van der Waals surface area contributed by atoms with Crippen LogP contribution < -0.4 is 14.5 Å². The van der Waals surface area contributed by atoms with Crippen molar-refractivity contribution < 1.29 is 4.74 Å². The number of nitrogens with zero attached hydrogens (tertiary/aromatic N) is 6. The predicted octanol–water partition coefficient (Wildman–Crippen LogP) is 4.80. The smallest absolute Gasteiger partial charge is 0.141 e. The molecule has 2 saturated heterocycles. The minimum absolute atomic E-state index is 0.355. The van der Waals surface area contributed by atoms with Gasteiger partial charge in [0.2, 0.25) is 0 Å². The number of aliphatic imine (C=N–C) groups is 1. The number of piperidine rings is 2. The monoisotopic (exact) mass is 518 g/mol. The molecule has 188 valence electrons. The Labute approximate surface area is 227 Å². The Morgan fingerprint density at radius 1 is 0.842 bits per heavy atom. The van der Waals surface area contributed by atoms with Crippen LogP contribution in [0.25, 0.3) is 0 Å². The second-order valence-corrected chi connectivity index (χ2v) is 10.3. The summed E-state index contributed by atoms with van der Waals surface area (Å²) >= 11 is 6.20. The van der Waals surface area contributed by atoms with Gasteiger partial charge in [-0.25, -0.2) is 4.99 Å². The molecule has 3 aliphatic heterocycles. The van der Waals surface area contributed by atoms with E-state index < -0.39 is 16.7 Å². The van der Waals surface area contributed by atoms with Crippen LogP contribution in [0.4, 0.5) is 11.4 Å². The first-order valence-electron chi connectivity index (χ1n) is 12.5. The van der Waals surface area contributed by atoms with Crippen molar-refractivity contribution in [1.29, 1.82) is 10.5 Å². The summed E-state index contributed by atoms with van der Waals surface area (Å²) in [7, 11) is 1.62. The average Bonchev–Trinajstić information content (AvgIpc) is 3.00.